The number of fused-ring (bicyclic) bond motifs is 2. The zero-order chi connectivity index (χ0) is 27.3. The Bertz CT molecular complexity index is 1780. The molecular weight excluding hydrogens is 499 g/mol. The SMILES string of the molecule is Cc1ccc(NC(=O)c2nc(-c3nn(Cc4ccccc4F)c4ncccc34)nc3c2C(C)(C)C(=O)N3)cn1. The average Bonchev–Trinajstić information content (AvgIpc) is 3.40. The zero-order valence-corrected chi connectivity index (χ0v) is 21.4. The fourth-order valence-corrected chi connectivity index (χ4v) is 4.60. The Morgan fingerprint density at radius 1 is 1.08 bits per heavy atom. The molecule has 0 bridgehead atoms. The Morgan fingerprint density at radius 2 is 1.90 bits per heavy atom. The van der Waals surface area contributed by atoms with Crippen molar-refractivity contribution in [2.45, 2.75) is 32.7 Å². The molecule has 2 N–H and O–H groups in total. The third kappa shape index (κ3) is 4.17. The van der Waals surface area contributed by atoms with Crippen molar-refractivity contribution in [3.05, 3.63) is 89.3 Å². The summed E-state index contributed by atoms with van der Waals surface area (Å²) in [5.74, 6) is -0.807. The highest BCUT2D eigenvalue weighted by Crippen LogP contribution is 2.40. The number of halogens is 1. The number of anilines is 2. The van der Waals surface area contributed by atoms with Crippen LogP contribution in [0, 0.1) is 12.7 Å². The molecule has 4 aromatic heterocycles. The third-order valence-electron chi connectivity index (χ3n) is 6.71. The number of benzene rings is 1. The van der Waals surface area contributed by atoms with E-state index in [0.717, 1.165) is 5.69 Å². The highest BCUT2D eigenvalue weighted by Gasteiger charge is 2.44. The lowest BCUT2D eigenvalue weighted by atomic mass is 9.85. The largest absolute Gasteiger partial charge is 0.319 e. The number of aryl methyl sites for hydroxylation is 1. The second-order valence-corrected chi connectivity index (χ2v) is 9.81. The molecule has 6 rings (SSSR count). The molecule has 0 spiro atoms. The number of nitrogens with one attached hydrogen (secondary N) is 2. The fourth-order valence-electron chi connectivity index (χ4n) is 4.60. The fraction of sp³-hybridized carbons (Fsp3) is 0.179. The lowest BCUT2D eigenvalue weighted by Crippen LogP contribution is -2.29. The van der Waals surface area contributed by atoms with Gasteiger partial charge in [0.25, 0.3) is 5.91 Å². The van der Waals surface area contributed by atoms with Crippen molar-refractivity contribution in [1.29, 1.82) is 0 Å². The summed E-state index contributed by atoms with van der Waals surface area (Å²) in [5, 5.41) is 10.9. The lowest BCUT2D eigenvalue weighted by molar-refractivity contribution is -0.119. The minimum absolute atomic E-state index is 0.0413. The molecular formula is C28H23FN8O2. The van der Waals surface area contributed by atoms with E-state index in [0.29, 0.717) is 33.5 Å². The molecule has 11 heteroatoms. The van der Waals surface area contributed by atoms with Crippen molar-refractivity contribution in [3.8, 4) is 11.5 Å². The van der Waals surface area contributed by atoms with Crippen LogP contribution >= 0.6 is 0 Å². The molecule has 0 fully saturated rings. The predicted octanol–water partition coefficient (Wildman–Crippen LogP) is 4.26. The molecule has 0 atom stereocenters. The Balaban J connectivity index is 1.49. The van der Waals surface area contributed by atoms with Crippen LogP contribution in [-0.4, -0.2) is 41.5 Å². The van der Waals surface area contributed by atoms with Crippen LogP contribution in [0.15, 0.2) is 60.9 Å². The maximum Gasteiger partial charge on any atom is 0.274 e. The zero-order valence-electron chi connectivity index (χ0n) is 21.4. The maximum atomic E-state index is 14.4. The van der Waals surface area contributed by atoms with Crippen molar-refractivity contribution in [2.24, 2.45) is 0 Å². The molecule has 10 nitrogen and oxygen atoms in total. The van der Waals surface area contributed by atoms with E-state index in [1.807, 2.05) is 6.92 Å². The first-order valence-electron chi connectivity index (χ1n) is 12.3. The Hall–Kier alpha value is -5.06. The number of hydrogen-bond donors (Lipinski definition) is 2. The second-order valence-electron chi connectivity index (χ2n) is 9.81. The number of aromatic nitrogens is 6. The van der Waals surface area contributed by atoms with Gasteiger partial charge in [0, 0.05) is 23.0 Å². The highest BCUT2D eigenvalue weighted by atomic mass is 19.1. The quantitative estimate of drug-likeness (QED) is 0.353. The third-order valence-corrected chi connectivity index (χ3v) is 6.71. The van der Waals surface area contributed by atoms with Gasteiger partial charge in [-0.05, 0) is 51.1 Å². The maximum absolute atomic E-state index is 14.4. The molecule has 2 amide bonds. The summed E-state index contributed by atoms with van der Waals surface area (Å²) in [6.45, 7) is 5.40. The number of pyridine rings is 2. The summed E-state index contributed by atoms with van der Waals surface area (Å²) in [4.78, 5) is 44.3. The molecule has 0 saturated carbocycles. The minimum atomic E-state index is -1.04. The summed E-state index contributed by atoms with van der Waals surface area (Å²) < 4.78 is 16.0. The average molecular weight is 523 g/mol. The molecule has 5 heterocycles. The van der Waals surface area contributed by atoms with Gasteiger partial charge in [0.2, 0.25) is 5.91 Å². The molecule has 0 unspecified atom stereocenters. The van der Waals surface area contributed by atoms with E-state index in [4.69, 9.17) is 0 Å². The predicted molar refractivity (Wildman–Crippen MR) is 143 cm³/mol. The van der Waals surface area contributed by atoms with Crippen LogP contribution in [0.5, 0.6) is 0 Å². The first-order chi connectivity index (χ1) is 18.7. The number of carbonyl (C=O) groups is 2. The van der Waals surface area contributed by atoms with Crippen molar-refractivity contribution < 1.29 is 14.0 Å². The van der Waals surface area contributed by atoms with Gasteiger partial charge in [0.1, 0.15) is 23.0 Å². The summed E-state index contributed by atoms with van der Waals surface area (Å²) in [6.07, 6.45) is 3.17. The second kappa shape index (κ2) is 9.05. The van der Waals surface area contributed by atoms with Gasteiger partial charge in [-0.3, -0.25) is 14.6 Å². The molecule has 1 aliphatic rings. The van der Waals surface area contributed by atoms with Gasteiger partial charge in [0.15, 0.2) is 11.5 Å². The summed E-state index contributed by atoms with van der Waals surface area (Å²) in [6, 6.07) is 13.5. The van der Waals surface area contributed by atoms with Gasteiger partial charge in [0.05, 0.1) is 29.2 Å². The van der Waals surface area contributed by atoms with E-state index in [-0.39, 0.29) is 35.6 Å². The lowest BCUT2D eigenvalue weighted by Gasteiger charge is -2.18. The van der Waals surface area contributed by atoms with Crippen molar-refractivity contribution in [1.82, 2.24) is 29.7 Å². The molecule has 39 heavy (non-hydrogen) atoms. The monoisotopic (exact) mass is 522 g/mol. The van der Waals surface area contributed by atoms with Crippen LogP contribution in [0.1, 0.15) is 41.2 Å². The van der Waals surface area contributed by atoms with Crippen LogP contribution in [-0.2, 0) is 16.8 Å². The number of nitrogens with zero attached hydrogens (tertiary/aromatic N) is 6. The molecule has 5 aromatic rings. The first kappa shape index (κ1) is 24.3. The molecule has 1 aromatic carbocycles. The first-order valence-corrected chi connectivity index (χ1v) is 12.3. The smallest absolute Gasteiger partial charge is 0.274 e. The molecule has 0 saturated heterocycles. The Labute approximate surface area is 222 Å². The molecule has 0 aliphatic carbocycles. The topological polar surface area (TPSA) is 128 Å². The molecule has 0 radical (unpaired) electrons. The van der Waals surface area contributed by atoms with E-state index >= 15 is 0 Å². The summed E-state index contributed by atoms with van der Waals surface area (Å²) in [7, 11) is 0. The van der Waals surface area contributed by atoms with E-state index in [1.54, 1.807) is 73.4 Å². The van der Waals surface area contributed by atoms with Gasteiger partial charge in [-0.2, -0.15) is 5.10 Å². The Morgan fingerprint density at radius 3 is 2.67 bits per heavy atom. The molecule has 1 aliphatic heterocycles. The van der Waals surface area contributed by atoms with Gasteiger partial charge in [-0.25, -0.2) is 24.0 Å². The van der Waals surface area contributed by atoms with Gasteiger partial charge in [-0.1, -0.05) is 18.2 Å². The van der Waals surface area contributed by atoms with Gasteiger partial charge < -0.3 is 10.6 Å². The number of hydrogen-bond acceptors (Lipinski definition) is 7. The molecule has 194 valence electrons. The van der Waals surface area contributed by atoms with E-state index in [9.17, 15) is 14.0 Å². The number of rotatable bonds is 5. The van der Waals surface area contributed by atoms with E-state index < -0.39 is 11.3 Å². The van der Waals surface area contributed by atoms with Gasteiger partial charge in [-0.15, -0.1) is 0 Å². The normalized spacial score (nSPS) is 13.8. The van der Waals surface area contributed by atoms with Crippen molar-refractivity contribution in [3.63, 3.8) is 0 Å². The van der Waals surface area contributed by atoms with Crippen molar-refractivity contribution in [2.75, 3.05) is 10.6 Å². The summed E-state index contributed by atoms with van der Waals surface area (Å²) >= 11 is 0. The van der Waals surface area contributed by atoms with Crippen LogP contribution in [0.4, 0.5) is 15.9 Å². The van der Waals surface area contributed by atoms with Crippen molar-refractivity contribution >= 4 is 34.4 Å². The highest BCUT2D eigenvalue weighted by molar-refractivity contribution is 6.12. The standard InChI is InChI=1S/C28H23FN8O2/c1-15-10-11-17(13-31-15)32-26(38)22-20-23(35-27(39)28(20,2)3)34-24(33-22)21-18-8-6-12-30-25(18)37(36-21)14-16-7-4-5-9-19(16)29/h4-13H,14H2,1-3H3,(H,32,38)(H,33,34,35,39). The summed E-state index contributed by atoms with van der Waals surface area (Å²) in [5.41, 5.74) is 1.97. The Kier molecular flexibility index (Phi) is 5.63. The van der Waals surface area contributed by atoms with Crippen LogP contribution in [0.3, 0.4) is 0 Å². The van der Waals surface area contributed by atoms with Crippen LogP contribution in [0.25, 0.3) is 22.6 Å². The van der Waals surface area contributed by atoms with Crippen LogP contribution in [0.2, 0.25) is 0 Å². The van der Waals surface area contributed by atoms with E-state index in [1.165, 1.54) is 6.07 Å². The minimum Gasteiger partial charge on any atom is -0.319 e. The van der Waals surface area contributed by atoms with E-state index in [2.05, 4.69) is 35.7 Å². The van der Waals surface area contributed by atoms with Crippen LogP contribution < -0.4 is 10.6 Å². The van der Waals surface area contributed by atoms with Gasteiger partial charge >= 0.3 is 0 Å². The number of amides is 2. The number of carbonyl (C=O) groups excluding carboxylic acids is 2.